The SMILES string of the molecule is COc1cc(/C=C/C(=O)OC/C(O)=C(\C#N)c2nc3ccccc3[nH]2)ccc1OCC#N. The molecule has 9 heteroatoms. The molecule has 32 heavy (non-hydrogen) atoms. The molecule has 0 aliphatic carbocycles. The van der Waals surface area contributed by atoms with Gasteiger partial charge in [-0.1, -0.05) is 18.2 Å². The van der Waals surface area contributed by atoms with Crippen molar-refractivity contribution in [2.45, 2.75) is 0 Å². The smallest absolute Gasteiger partial charge is 0.331 e. The number of hydrogen-bond donors (Lipinski definition) is 2. The number of hydrogen-bond acceptors (Lipinski definition) is 8. The maximum absolute atomic E-state index is 12.0. The number of ether oxygens (including phenoxy) is 3. The molecule has 160 valence electrons. The zero-order chi connectivity index (χ0) is 22.9. The van der Waals surface area contributed by atoms with Gasteiger partial charge in [0.1, 0.15) is 24.3 Å². The Balaban J connectivity index is 1.66. The number of carbonyl (C=O) groups excluding carboxylic acids is 1. The molecule has 0 spiro atoms. The second-order valence-corrected chi connectivity index (χ2v) is 6.33. The third kappa shape index (κ3) is 5.23. The number of para-hydroxylation sites is 2. The zero-order valence-electron chi connectivity index (χ0n) is 17.0. The molecule has 2 aromatic carbocycles. The van der Waals surface area contributed by atoms with Gasteiger partial charge in [-0.25, -0.2) is 9.78 Å². The Bertz CT molecular complexity index is 1240. The lowest BCUT2D eigenvalue weighted by Gasteiger charge is -2.08. The number of methoxy groups -OCH3 is 1. The summed E-state index contributed by atoms with van der Waals surface area (Å²) < 4.78 is 15.5. The van der Waals surface area contributed by atoms with Crippen LogP contribution < -0.4 is 9.47 Å². The number of imidazole rings is 1. The normalized spacial score (nSPS) is 11.5. The van der Waals surface area contributed by atoms with E-state index in [1.807, 2.05) is 18.2 Å². The first kappa shape index (κ1) is 21.9. The van der Waals surface area contributed by atoms with Crippen molar-refractivity contribution in [2.75, 3.05) is 20.3 Å². The molecule has 1 heterocycles. The van der Waals surface area contributed by atoms with Crippen LogP contribution in [0.1, 0.15) is 11.4 Å². The number of aromatic amines is 1. The number of aliphatic hydroxyl groups is 1. The van der Waals surface area contributed by atoms with Crippen LogP contribution in [0.4, 0.5) is 0 Å². The van der Waals surface area contributed by atoms with E-state index in [0.29, 0.717) is 28.1 Å². The highest BCUT2D eigenvalue weighted by molar-refractivity contribution is 5.87. The fourth-order valence-electron chi connectivity index (χ4n) is 2.77. The Hall–Kier alpha value is -4.76. The number of nitrogens with zero attached hydrogens (tertiary/aromatic N) is 3. The van der Waals surface area contributed by atoms with E-state index >= 15 is 0 Å². The summed E-state index contributed by atoms with van der Waals surface area (Å²) in [6, 6.07) is 15.8. The van der Waals surface area contributed by atoms with E-state index in [9.17, 15) is 15.2 Å². The minimum absolute atomic E-state index is 0.115. The van der Waals surface area contributed by atoms with Gasteiger partial charge in [0.15, 0.2) is 29.7 Å². The van der Waals surface area contributed by atoms with Crippen molar-refractivity contribution < 1.29 is 24.1 Å². The molecule has 0 saturated carbocycles. The van der Waals surface area contributed by atoms with Crippen LogP contribution in [0.5, 0.6) is 11.5 Å². The second-order valence-electron chi connectivity index (χ2n) is 6.33. The predicted octanol–water partition coefficient (Wildman–Crippen LogP) is 3.52. The van der Waals surface area contributed by atoms with E-state index in [2.05, 4.69) is 9.97 Å². The van der Waals surface area contributed by atoms with Crippen molar-refractivity contribution in [2.24, 2.45) is 0 Å². The van der Waals surface area contributed by atoms with Gasteiger partial charge in [0.05, 0.1) is 18.1 Å². The summed E-state index contributed by atoms with van der Waals surface area (Å²) in [7, 11) is 1.46. The van der Waals surface area contributed by atoms with E-state index in [-0.39, 0.29) is 18.0 Å². The lowest BCUT2D eigenvalue weighted by Crippen LogP contribution is -2.06. The molecule has 0 radical (unpaired) electrons. The van der Waals surface area contributed by atoms with Crippen LogP contribution in [0.3, 0.4) is 0 Å². The number of nitriles is 2. The van der Waals surface area contributed by atoms with Crippen LogP contribution in [-0.4, -0.2) is 41.4 Å². The molecule has 3 rings (SSSR count). The molecule has 0 bridgehead atoms. The molecular formula is C23H18N4O5. The number of fused-ring (bicyclic) bond motifs is 1. The van der Waals surface area contributed by atoms with Gasteiger partial charge in [0, 0.05) is 6.08 Å². The average molecular weight is 430 g/mol. The van der Waals surface area contributed by atoms with Crippen molar-refractivity contribution in [3.8, 4) is 23.6 Å². The lowest BCUT2D eigenvalue weighted by molar-refractivity contribution is -0.137. The lowest BCUT2D eigenvalue weighted by atomic mass is 10.2. The number of nitrogens with one attached hydrogen (secondary N) is 1. The largest absolute Gasteiger partial charge is 0.507 e. The van der Waals surface area contributed by atoms with Crippen molar-refractivity contribution in [1.29, 1.82) is 10.5 Å². The zero-order valence-corrected chi connectivity index (χ0v) is 17.0. The summed E-state index contributed by atoms with van der Waals surface area (Å²) in [5.41, 5.74) is 1.86. The topological polar surface area (TPSA) is 141 Å². The van der Waals surface area contributed by atoms with E-state index in [1.54, 1.807) is 36.4 Å². The van der Waals surface area contributed by atoms with E-state index in [0.717, 1.165) is 0 Å². The van der Waals surface area contributed by atoms with Gasteiger partial charge in [-0.05, 0) is 35.9 Å². The molecule has 2 N–H and O–H groups in total. The fraction of sp³-hybridized carbons (Fsp3) is 0.130. The Labute approximate surface area is 183 Å². The first-order chi connectivity index (χ1) is 15.5. The van der Waals surface area contributed by atoms with Gasteiger partial charge in [-0.2, -0.15) is 10.5 Å². The standard InChI is InChI=1S/C23H18N4O5/c1-30-21-12-15(6-8-20(21)31-11-10-24)7-9-22(29)32-14-19(28)16(13-25)23-26-17-4-2-3-5-18(17)27-23/h2-9,12,28H,11,14H2,1H3,(H,26,27)/b9-7+,19-16-. The molecule has 0 aliphatic heterocycles. The number of rotatable bonds is 8. The number of H-pyrrole nitrogens is 1. The Morgan fingerprint density at radius 1 is 1.22 bits per heavy atom. The van der Waals surface area contributed by atoms with Gasteiger partial charge in [0.25, 0.3) is 0 Å². The maximum Gasteiger partial charge on any atom is 0.331 e. The third-order valence-corrected chi connectivity index (χ3v) is 4.27. The summed E-state index contributed by atoms with van der Waals surface area (Å²) in [5, 5.41) is 28.2. The molecule has 0 fully saturated rings. The average Bonchev–Trinajstić information content (AvgIpc) is 3.24. The van der Waals surface area contributed by atoms with Gasteiger partial charge in [-0.15, -0.1) is 0 Å². The molecule has 0 atom stereocenters. The summed E-state index contributed by atoms with van der Waals surface area (Å²) >= 11 is 0. The van der Waals surface area contributed by atoms with Crippen LogP contribution >= 0.6 is 0 Å². The summed E-state index contributed by atoms with van der Waals surface area (Å²) in [6.45, 7) is -0.610. The number of carbonyl (C=O) groups is 1. The third-order valence-electron chi connectivity index (χ3n) is 4.27. The van der Waals surface area contributed by atoms with Gasteiger partial charge in [-0.3, -0.25) is 0 Å². The highest BCUT2D eigenvalue weighted by atomic mass is 16.5. The van der Waals surface area contributed by atoms with Crippen LogP contribution in [0.15, 0.2) is 54.3 Å². The Kier molecular flexibility index (Phi) is 7.08. The molecule has 0 amide bonds. The van der Waals surface area contributed by atoms with Crippen LogP contribution in [-0.2, 0) is 9.53 Å². The summed E-state index contributed by atoms with van der Waals surface area (Å²) in [5.74, 6) is -0.154. The van der Waals surface area contributed by atoms with Gasteiger partial charge < -0.3 is 24.3 Å². The molecule has 0 saturated heterocycles. The molecule has 0 aliphatic rings. The summed E-state index contributed by atoms with van der Waals surface area (Å²) in [6.07, 6.45) is 2.66. The minimum Gasteiger partial charge on any atom is -0.507 e. The number of aliphatic hydroxyl groups excluding tert-OH is 1. The second kappa shape index (κ2) is 10.3. The van der Waals surface area contributed by atoms with Crippen molar-refractivity contribution in [1.82, 2.24) is 9.97 Å². The number of benzene rings is 2. The van der Waals surface area contributed by atoms with Crippen molar-refractivity contribution in [3.63, 3.8) is 0 Å². The summed E-state index contributed by atoms with van der Waals surface area (Å²) in [4.78, 5) is 19.2. The Morgan fingerprint density at radius 2 is 2.03 bits per heavy atom. The maximum atomic E-state index is 12.0. The highest BCUT2D eigenvalue weighted by Gasteiger charge is 2.14. The van der Waals surface area contributed by atoms with Gasteiger partial charge >= 0.3 is 5.97 Å². The minimum atomic E-state index is -0.720. The molecule has 0 unspecified atom stereocenters. The molecule has 9 nitrogen and oxygen atoms in total. The fourth-order valence-corrected chi connectivity index (χ4v) is 2.77. The highest BCUT2D eigenvalue weighted by Crippen LogP contribution is 2.28. The predicted molar refractivity (Wildman–Crippen MR) is 115 cm³/mol. The van der Waals surface area contributed by atoms with Crippen molar-refractivity contribution in [3.05, 3.63) is 65.7 Å². The first-order valence-corrected chi connectivity index (χ1v) is 9.35. The van der Waals surface area contributed by atoms with Crippen LogP contribution in [0.2, 0.25) is 0 Å². The van der Waals surface area contributed by atoms with E-state index in [4.69, 9.17) is 19.5 Å². The monoisotopic (exact) mass is 430 g/mol. The number of esters is 1. The van der Waals surface area contributed by atoms with E-state index in [1.165, 1.54) is 19.3 Å². The van der Waals surface area contributed by atoms with Crippen LogP contribution in [0.25, 0.3) is 22.7 Å². The molecule has 3 aromatic rings. The van der Waals surface area contributed by atoms with Crippen LogP contribution in [0, 0.1) is 22.7 Å². The van der Waals surface area contributed by atoms with E-state index < -0.39 is 18.3 Å². The number of aromatic nitrogens is 2. The molecular weight excluding hydrogens is 412 g/mol. The quantitative estimate of drug-likeness (QED) is 0.239. The number of allylic oxidation sites excluding steroid dienone is 1. The molecule has 1 aromatic heterocycles. The van der Waals surface area contributed by atoms with Crippen molar-refractivity contribution >= 4 is 28.7 Å². The van der Waals surface area contributed by atoms with Gasteiger partial charge in [0.2, 0.25) is 0 Å². The Morgan fingerprint density at radius 3 is 2.75 bits per heavy atom. The first-order valence-electron chi connectivity index (χ1n) is 9.35.